The van der Waals surface area contributed by atoms with E-state index in [0.29, 0.717) is 53.6 Å². The predicted molar refractivity (Wildman–Crippen MR) is 283 cm³/mol. The van der Waals surface area contributed by atoms with Crippen LogP contribution >= 0.6 is 34.3 Å². The smallest absolute Gasteiger partial charge is 0.242 e. The van der Waals surface area contributed by atoms with Gasteiger partial charge in [0, 0.05) is 50.5 Å². The highest BCUT2D eigenvalue weighted by Gasteiger charge is 2.21. The molecule has 2 aliphatic heterocycles. The van der Waals surface area contributed by atoms with Crippen LogP contribution in [0.25, 0.3) is 32.2 Å². The number of rotatable bonds is 16. The topological polar surface area (TPSA) is 219 Å². The molecule has 6 N–H and O–H groups in total. The molecule has 5 aromatic heterocycles. The molecule has 72 heavy (non-hydrogen) atoms. The van der Waals surface area contributed by atoms with Gasteiger partial charge in [-0.15, -0.1) is 22.7 Å². The number of H-pyrrole nitrogens is 1. The summed E-state index contributed by atoms with van der Waals surface area (Å²) in [7, 11) is -3.77. The van der Waals surface area contributed by atoms with E-state index in [1.54, 1.807) is 59.8 Å². The van der Waals surface area contributed by atoms with Crippen LogP contribution in [0.1, 0.15) is 42.6 Å². The van der Waals surface area contributed by atoms with Gasteiger partial charge in [0.25, 0.3) is 0 Å². The van der Waals surface area contributed by atoms with Crippen LogP contribution in [-0.2, 0) is 23.0 Å². The number of piperidine rings is 2. The Morgan fingerprint density at radius 2 is 1.24 bits per heavy atom. The number of nitrogens with zero attached hydrogens (tertiary/aromatic N) is 7. The maximum absolute atomic E-state index is 12.7. The highest BCUT2D eigenvalue weighted by atomic mass is 35.5. The van der Waals surface area contributed by atoms with Gasteiger partial charge in [0.1, 0.15) is 32.0 Å². The number of aromatic nitrogens is 8. The summed E-state index contributed by atoms with van der Waals surface area (Å²) in [4.78, 5) is 36.8. The Morgan fingerprint density at radius 1 is 0.653 bits per heavy atom. The molecule has 17 nitrogen and oxygen atoms in total. The molecule has 0 bridgehead atoms. The van der Waals surface area contributed by atoms with E-state index in [1.807, 2.05) is 60.7 Å². The number of para-hydroxylation sites is 2. The van der Waals surface area contributed by atoms with Crippen LogP contribution in [0.15, 0.2) is 138 Å². The first kappa shape index (κ1) is 48.7. The number of sulfonamides is 1. The highest BCUT2D eigenvalue weighted by molar-refractivity contribution is 7.89. The van der Waals surface area contributed by atoms with Gasteiger partial charge in [-0.3, -0.25) is 0 Å². The Labute approximate surface area is 429 Å². The molecule has 2 atom stereocenters. The molecule has 0 spiro atoms. The lowest BCUT2D eigenvalue weighted by Gasteiger charge is -2.23. The number of hydrogen-bond donors (Lipinski definition) is 6. The van der Waals surface area contributed by atoms with Crippen molar-refractivity contribution in [1.82, 2.24) is 55.2 Å². The van der Waals surface area contributed by atoms with Crippen molar-refractivity contribution >= 4 is 67.2 Å². The van der Waals surface area contributed by atoms with Crippen molar-refractivity contribution in [1.29, 1.82) is 0 Å². The van der Waals surface area contributed by atoms with Gasteiger partial charge in [-0.2, -0.15) is 0 Å². The van der Waals surface area contributed by atoms with E-state index in [0.717, 1.165) is 101 Å². The lowest BCUT2D eigenvalue weighted by Crippen LogP contribution is -2.38. The zero-order chi connectivity index (χ0) is 49.1. The molecular weight excluding hydrogens is 990 g/mol. The van der Waals surface area contributed by atoms with Crippen molar-refractivity contribution in [2.45, 2.75) is 55.6 Å². The van der Waals surface area contributed by atoms with Crippen LogP contribution < -0.4 is 35.5 Å². The normalized spacial score (nSPS) is 15.8. The second-order valence-electron chi connectivity index (χ2n) is 17.0. The molecule has 21 heteroatoms. The van der Waals surface area contributed by atoms with Crippen LogP contribution in [0.2, 0.25) is 5.02 Å². The van der Waals surface area contributed by atoms with Crippen LogP contribution in [0.3, 0.4) is 0 Å². The van der Waals surface area contributed by atoms with Crippen LogP contribution in [0, 0.1) is 0 Å². The number of hydrogen-bond acceptors (Lipinski definition) is 17. The maximum Gasteiger partial charge on any atom is 0.242 e. The van der Waals surface area contributed by atoms with Gasteiger partial charge >= 0.3 is 0 Å². The minimum absolute atomic E-state index is 0.0367. The monoisotopic (exact) mass is 1040 g/mol. The number of thiazole rings is 2. The highest BCUT2D eigenvalue weighted by Crippen LogP contribution is 2.37. The Kier molecular flexibility index (Phi) is 15.6. The molecule has 11 rings (SSSR count). The lowest BCUT2D eigenvalue weighted by atomic mass is 10.1. The maximum atomic E-state index is 12.7. The molecule has 0 amide bonds. The van der Waals surface area contributed by atoms with Crippen molar-refractivity contribution in [3.8, 4) is 44.4 Å². The average molecular weight is 1040 g/mol. The number of aromatic amines is 1. The summed E-state index contributed by atoms with van der Waals surface area (Å²) >= 11 is 8.99. The van der Waals surface area contributed by atoms with Gasteiger partial charge in [-0.1, -0.05) is 60.1 Å². The minimum Gasteiger partial charge on any atom is -0.437 e. The number of halogens is 1. The summed E-state index contributed by atoms with van der Waals surface area (Å²) in [5, 5.41) is 13.8. The quantitative estimate of drug-likeness (QED) is 0.0531. The van der Waals surface area contributed by atoms with E-state index < -0.39 is 10.0 Å². The van der Waals surface area contributed by atoms with Crippen molar-refractivity contribution < 1.29 is 17.9 Å². The number of anilines is 2. The molecule has 2 fully saturated rings. The molecule has 4 aromatic carbocycles. The Bertz CT molecular complexity index is 3330. The number of imidazole rings is 1. The molecule has 2 saturated heterocycles. The molecule has 0 aliphatic carbocycles. The number of nitrogens with one attached hydrogen (secondary N) is 6. The van der Waals surface area contributed by atoms with Gasteiger partial charge in [0.2, 0.25) is 33.7 Å². The Morgan fingerprint density at radius 3 is 1.83 bits per heavy atom. The standard InChI is InChI=1S/C26H25N7OS.C25H25ClN6O3S2/c1-2-9-21-20(8-1)31-23(32-21)14-17-5-3-7-19(13-17)34-25-24(35-16-29-25)22-10-12-28-26(33-22)30-18-6-4-11-27-15-18;26-20-8-1-2-9-22(20)37(33,34)30-14-17-5-3-7-19(13-17)35-24-23(36-16-29-24)21-10-12-28-25(32-21)31-18-6-4-11-27-15-18/h1-3,5,7-10,12-13,16,18,27H,4,6,11,14-15H2,(H,31,32)(H,28,30,33);1-3,5,7-10,12-13,16,18,27,30H,4,6,11,14-15H2,(H,28,31,32)/t2*18-/m00/s1. The zero-order valence-corrected chi connectivity index (χ0v) is 42.0. The van der Waals surface area contributed by atoms with Gasteiger partial charge in [-0.25, -0.2) is 48.0 Å². The molecule has 2 aliphatic rings. The predicted octanol–water partition coefficient (Wildman–Crippen LogP) is 9.71. The van der Waals surface area contributed by atoms with Gasteiger partial charge in [0.15, 0.2) is 0 Å². The molecule has 7 heterocycles. The third-order valence-electron chi connectivity index (χ3n) is 11.7. The second kappa shape index (κ2) is 23.1. The van der Waals surface area contributed by atoms with E-state index >= 15 is 0 Å². The Hall–Kier alpha value is -6.91. The summed E-state index contributed by atoms with van der Waals surface area (Å²) in [6.07, 6.45) is 8.63. The first-order valence-electron chi connectivity index (χ1n) is 23.5. The minimum atomic E-state index is -3.77. The van der Waals surface area contributed by atoms with Crippen LogP contribution in [0.5, 0.6) is 23.3 Å². The third-order valence-corrected chi connectivity index (χ3v) is 15.3. The van der Waals surface area contributed by atoms with Gasteiger partial charge < -0.3 is 35.7 Å². The van der Waals surface area contributed by atoms with E-state index in [1.165, 1.54) is 28.7 Å². The largest absolute Gasteiger partial charge is 0.437 e. The third kappa shape index (κ3) is 12.6. The van der Waals surface area contributed by atoms with E-state index in [9.17, 15) is 8.42 Å². The fourth-order valence-corrected chi connectivity index (χ4v) is 11.1. The van der Waals surface area contributed by atoms with Crippen molar-refractivity contribution in [2.24, 2.45) is 0 Å². The second-order valence-corrected chi connectivity index (χ2v) is 20.9. The summed E-state index contributed by atoms with van der Waals surface area (Å²) in [5.41, 5.74) is 8.83. The molecule has 0 radical (unpaired) electrons. The molecule has 0 saturated carbocycles. The zero-order valence-electron chi connectivity index (χ0n) is 38.8. The molecular formula is C51H50ClN13O4S3. The van der Waals surface area contributed by atoms with E-state index in [-0.39, 0.29) is 16.5 Å². The van der Waals surface area contributed by atoms with E-state index in [4.69, 9.17) is 26.1 Å². The number of ether oxygens (including phenoxy) is 2. The van der Waals surface area contributed by atoms with Gasteiger partial charge in [-0.05, 0) is 111 Å². The first-order valence-corrected chi connectivity index (χ1v) is 27.1. The lowest BCUT2D eigenvalue weighted by molar-refractivity contribution is 0.467. The summed E-state index contributed by atoms with van der Waals surface area (Å²) in [5.74, 6) is 4.34. The average Bonchev–Trinajstić information content (AvgIpc) is 4.18. The summed E-state index contributed by atoms with van der Waals surface area (Å²) in [6.45, 7) is 3.99. The SMILES string of the molecule is O=S(=O)(NCc1cccc(Oc2ncsc2-c2ccnc(N[C@H]3CCCNC3)n2)c1)c1ccccc1Cl.c1cc(Cc2nc3ccccc3[nH]2)cc(Oc2ncsc2-c2ccnc(N[C@H]3CCCNC3)n2)c1. The van der Waals surface area contributed by atoms with Crippen molar-refractivity contribution in [3.05, 3.63) is 155 Å². The van der Waals surface area contributed by atoms with E-state index in [2.05, 4.69) is 66.9 Å². The fourth-order valence-electron chi connectivity index (χ4n) is 8.24. The summed E-state index contributed by atoms with van der Waals surface area (Å²) in [6, 6.07) is 33.9. The van der Waals surface area contributed by atoms with Crippen molar-refractivity contribution in [2.75, 3.05) is 36.8 Å². The number of benzene rings is 4. The Balaban J connectivity index is 0.000000166. The number of fused-ring (bicyclic) bond motifs is 1. The fraction of sp³-hybridized carbons (Fsp3) is 0.235. The molecule has 368 valence electrons. The summed E-state index contributed by atoms with van der Waals surface area (Å²) < 4.78 is 40.2. The van der Waals surface area contributed by atoms with Crippen LogP contribution in [0.4, 0.5) is 11.9 Å². The van der Waals surface area contributed by atoms with Crippen LogP contribution in [-0.4, -0.2) is 86.6 Å². The molecule has 0 unspecified atom stereocenters. The molecule has 9 aromatic rings. The van der Waals surface area contributed by atoms with Crippen molar-refractivity contribution in [3.63, 3.8) is 0 Å². The first-order chi connectivity index (χ1) is 35.3. The van der Waals surface area contributed by atoms with Gasteiger partial charge in [0.05, 0.1) is 38.5 Å².